The van der Waals surface area contributed by atoms with Crippen molar-refractivity contribution in [2.75, 3.05) is 0 Å². The van der Waals surface area contributed by atoms with E-state index in [1.54, 1.807) is 24.3 Å². The van der Waals surface area contributed by atoms with Crippen molar-refractivity contribution in [1.29, 1.82) is 0 Å². The van der Waals surface area contributed by atoms with Crippen LogP contribution in [0.5, 0.6) is 0 Å². The maximum Gasteiger partial charge on any atom is 0.368 e. The molecule has 2 rings (SSSR count). The molecule has 0 aliphatic rings. The molecule has 7 heteroatoms. The van der Waals surface area contributed by atoms with Gasteiger partial charge in [-0.3, -0.25) is 4.79 Å². The molecule has 0 N–H and O–H groups in total. The maximum atomic E-state index is 11.8. The molecule has 1 aromatic heterocycles. The Morgan fingerprint density at radius 3 is 2.53 bits per heavy atom. The molecule has 0 aliphatic carbocycles. The highest BCUT2D eigenvalue weighted by Crippen LogP contribution is 2.10. The lowest BCUT2D eigenvalue weighted by Crippen LogP contribution is -2.26. The highest BCUT2D eigenvalue weighted by atomic mass is 35.5. The Morgan fingerprint density at radius 1 is 1.29 bits per heavy atom. The summed E-state index contributed by atoms with van der Waals surface area (Å²) in [5.41, 5.74) is 0.0942. The highest BCUT2D eigenvalue weighted by Gasteiger charge is 2.09. The average molecular weight is 253 g/mol. The summed E-state index contributed by atoms with van der Waals surface area (Å²) in [6, 6.07) is 6.59. The molecule has 0 amide bonds. The van der Waals surface area contributed by atoms with Crippen molar-refractivity contribution in [3.63, 3.8) is 0 Å². The standard InChI is InChI=1S/C10H9ClN4O2/c1-7(16)6-14-10(17)15(13-12-14)9-4-2-8(11)3-5-9/h2-5H,6H2,1H3. The van der Waals surface area contributed by atoms with E-state index in [-0.39, 0.29) is 12.3 Å². The van der Waals surface area contributed by atoms with E-state index >= 15 is 0 Å². The number of benzene rings is 1. The molecular formula is C10H9ClN4O2. The van der Waals surface area contributed by atoms with Crippen LogP contribution in [0.25, 0.3) is 5.69 Å². The third-order valence-electron chi connectivity index (χ3n) is 2.08. The summed E-state index contributed by atoms with van der Waals surface area (Å²) in [7, 11) is 0. The minimum atomic E-state index is -0.456. The van der Waals surface area contributed by atoms with Crippen LogP contribution < -0.4 is 5.69 Å². The molecular weight excluding hydrogens is 244 g/mol. The van der Waals surface area contributed by atoms with Crippen molar-refractivity contribution in [3.8, 4) is 5.69 Å². The van der Waals surface area contributed by atoms with Crippen LogP contribution in [0.2, 0.25) is 5.02 Å². The average Bonchev–Trinajstić information content (AvgIpc) is 2.61. The molecule has 1 aromatic carbocycles. The van der Waals surface area contributed by atoms with E-state index in [9.17, 15) is 9.59 Å². The van der Waals surface area contributed by atoms with Gasteiger partial charge in [0, 0.05) is 5.02 Å². The molecule has 0 saturated carbocycles. The number of carbonyl (C=O) groups is 1. The lowest BCUT2D eigenvalue weighted by atomic mass is 10.3. The van der Waals surface area contributed by atoms with Gasteiger partial charge in [0.25, 0.3) is 0 Å². The fraction of sp³-hybridized carbons (Fsp3) is 0.200. The molecule has 88 valence electrons. The molecule has 0 fully saturated rings. The number of Topliss-reactive ketones (excluding diaryl/α,β-unsaturated/α-hetero) is 1. The summed E-state index contributed by atoms with van der Waals surface area (Å²) >= 11 is 5.74. The molecule has 0 spiro atoms. The Hall–Kier alpha value is -1.95. The van der Waals surface area contributed by atoms with E-state index in [2.05, 4.69) is 10.4 Å². The molecule has 0 bridgehead atoms. The van der Waals surface area contributed by atoms with Gasteiger partial charge in [0.15, 0.2) is 5.78 Å². The second kappa shape index (κ2) is 4.50. The first-order chi connectivity index (χ1) is 8.08. The van der Waals surface area contributed by atoms with Gasteiger partial charge in [-0.2, -0.15) is 9.36 Å². The van der Waals surface area contributed by atoms with Crippen LogP contribution in [-0.4, -0.2) is 25.6 Å². The number of rotatable bonds is 3. The lowest BCUT2D eigenvalue weighted by Gasteiger charge is -1.97. The number of halogens is 1. The van der Waals surface area contributed by atoms with Crippen molar-refractivity contribution in [2.24, 2.45) is 0 Å². The van der Waals surface area contributed by atoms with Crippen molar-refractivity contribution >= 4 is 17.4 Å². The summed E-state index contributed by atoms with van der Waals surface area (Å²) in [4.78, 5) is 22.7. The van der Waals surface area contributed by atoms with E-state index in [0.717, 1.165) is 9.36 Å². The zero-order valence-corrected chi connectivity index (χ0v) is 9.76. The summed E-state index contributed by atoms with van der Waals surface area (Å²) in [5, 5.41) is 7.88. The number of carbonyl (C=O) groups excluding carboxylic acids is 1. The van der Waals surface area contributed by atoms with Crippen molar-refractivity contribution in [2.45, 2.75) is 13.5 Å². The van der Waals surface area contributed by atoms with Gasteiger partial charge in [-0.1, -0.05) is 11.6 Å². The SMILES string of the molecule is CC(=O)Cn1nnn(-c2ccc(Cl)cc2)c1=O. The first kappa shape index (κ1) is 11.5. The minimum absolute atomic E-state index is 0.0770. The van der Waals surface area contributed by atoms with Gasteiger partial charge >= 0.3 is 5.69 Å². The number of hydrogen-bond donors (Lipinski definition) is 0. The van der Waals surface area contributed by atoms with Crippen LogP contribution in [-0.2, 0) is 11.3 Å². The molecule has 0 unspecified atom stereocenters. The van der Waals surface area contributed by atoms with E-state index in [1.165, 1.54) is 6.92 Å². The molecule has 0 atom stereocenters. The van der Waals surface area contributed by atoms with Crippen LogP contribution in [0.1, 0.15) is 6.92 Å². The number of nitrogens with zero attached hydrogens (tertiary/aromatic N) is 4. The number of ketones is 1. The first-order valence-electron chi connectivity index (χ1n) is 4.86. The second-order valence-electron chi connectivity index (χ2n) is 3.51. The predicted octanol–water partition coefficient (Wildman–Crippen LogP) is 0.671. The number of tetrazole rings is 1. The minimum Gasteiger partial charge on any atom is -0.298 e. The fourth-order valence-electron chi connectivity index (χ4n) is 1.33. The number of hydrogen-bond acceptors (Lipinski definition) is 4. The van der Waals surface area contributed by atoms with Gasteiger partial charge in [-0.15, -0.1) is 0 Å². The predicted molar refractivity (Wildman–Crippen MR) is 61.3 cm³/mol. The summed E-state index contributed by atoms with van der Waals surface area (Å²) in [6.45, 7) is 1.31. The zero-order chi connectivity index (χ0) is 12.4. The maximum absolute atomic E-state index is 11.8. The Labute approximate surface area is 101 Å². The molecule has 0 aliphatic heterocycles. The Kier molecular flexibility index (Phi) is 3.06. The third-order valence-corrected chi connectivity index (χ3v) is 2.34. The van der Waals surface area contributed by atoms with Crippen molar-refractivity contribution in [1.82, 2.24) is 19.8 Å². The van der Waals surface area contributed by atoms with Gasteiger partial charge in [0.05, 0.1) is 5.69 Å². The fourth-order valence-corrected chi connectivity index (χ4v) is 1.45. The van der Waals surface area contributed by atoms with Gasteiger partial charge in [0.2, 0.25) is 0 Å². The van der Waals surface area contributed by atoms with Crippen LogP contribution in [0.3, 0.4) is 0 Å². The van der Waals surface area contributed by atoms with E-state index in [4.69, 9.17) is 11.6 Å². The monoisotopic (exact) mass is 252 g/mol. The summed E-state index contributed by atoms with van der Waals surface area (Å²) < 4.78 is 2.12. The zero-order valence-electron chi connectivity index (χ0n) is 9.00. The van der Waals surface area contributed by atoms with Gasteiger partial charge in [-0.25, -0.2) is 4.79 Å². The number of aromatic nitrogens is 4. The molecule has 6 nitrogen and oxygen atoms in total. The van der Waals surface area contributed by atoms with Crippen LogP contribution in [0, 0.1) is 0 Å². The van der Waals surface area contributed by atoms with Crippen LogP contribution >= 0.6 is 11.6 Å². The van der Waals surface area contributed by atoms with Crippen molar-refractivity contribution < 1.29 is 4.79 Å². The lowest BCUT2D eigenvalue weighted by molar-refractivity contribution is -0.117. The highest BCUT2D eigenvalue weighted by molar-refractivity contribution is 6.30. The van der Waals surface area contributed by atoms with Gasteiger partial charge < -0.3 is 0 Å². The van der Waals surface area contributed by atoms with E-state index in [0.29, 0.717) is 10.7 Å². The molecule has 0 saturated heterocycles. The normalized spacial score (nSPS) is 10.5. The van der Waals surface area contributed by atoms with Gasteiger partial charge in [-0.05, 0) is 41.6 Å². The smallest absolute Gasteiger partial charge is 0.298 e. The molecule has 0 radical (unpaired) electrons. The molecule has 2 aromatic rings. The third kappa shape index (κ3) is 2.42. The van der Waals surface area contributed by atoms with E-state index in [1.807, 2.05) is 0 Å². The Balaban J connectivity index is 2.40. The van der Waals surface area contributed by atoms with Crippen LogP contribution in [0.15, 0.2) is 29.1 Å². The summed E-state index contributed by atoms with van der Waals surface area (Å²) in [6.07, 6.45) is 0. The summed E-state index contributed by atoms with van der Waals surface area (Å²) in [5.74, 6) is -0.157. The van der Waals surface area contributed by atoms with Gasteiger partial charge in [0.1, 0.15) is 6.54 Å². The molecule has 1 heterocycles. The quantitative estimate of drug-likeness (QED) is 0.805. The first-order valence-corrected chi connectivity index (χ1v) is 5.24. The Bertz CT molecular complexity index is 600. The second-order valence-corrected chi connectivity index (χ2v) is 3.95. The van der Waals surface area contributed by atoms with E-state index < -0.39 is 5.69 Å². The topological polar surface area (TPSA) is 69.8 Å². The molecule has 17 heavy (non-hydrogen) atoms. The van der Waals surface area contributed by atoms with Crippen molar-refractivity contribution in [3.05, 3.63) is 39.8 Å². The van der Waals surface area contributed by atoms with Crippen LogP contribution in [0.4, 0.5) is 0 Å². The Morgan fingerprint density at radius 2 is 1.94 bits per heavy atom. The largest absolute Gasteiger partial charge is 0.368 e.